The Bertz CT molecular complexity index is 102. The number of hydrogen-bond donors (Lipinski definition) is 0. The molecule has 0 saturated carbocycles. The molecular weight excluding hydrogens is 204 g/mol. The molecule has 0 N–H and O–H groups in total. The summed E-state index contributed by atoms with van der Waals surface area (Å²) >= 11 is 3.55. The molecule has 1 nitrogen and oxygen atoms in total. The molecule has 2 unspecified atom stereocenters. The van der Waals surface area contributed by atoms with E-state index in [1.165, 1.54) is 25.7 Å². The smallest absolute Gasteiger partial charge is 0.0810 e. The first-order chi connectivity index (χ1) is 5.36. The highest BCUT2D eigenvalue weighted by Crippen LogP contribution is 2.22. The average Bonchev–Trinajstić information content (AvgIpc) is 2.81. The van der Waals surface area contributed by atoms with Crippen LogP contribution in [0.5, 0.6) is 0 Å². The minimum absolute atomic E-state index is 0.619. The van der Waals surface area contributed by atoms with Gasteiger partial charge in [0, 0.05) is 5.33 Å². The molecule has 0 aliphatic carbocycles. The lowest BCUT2D eigenvalue weighted by Crippen LogP contribution is -2.03. The average molecular weight is 221 g/mol. The first-order valence-corrected chi connectivity index (χ1v) is 5.66. The van der Waals surface area contributed by atoms with E-state index in [-0.39, 0.29) is 0 Å². The third kappa shape index (κ3) is 4.12. The minimum Gasteiger partial charge on any atom is -0.373 e. The van der Waals surface area contributed by atoms with Crippen LogP contribution >= 0.6 is 15.9 Å². The van der Waals surface area contributed by atoms with Crippen molar-refractivity contribution in [2.75, 3.05) is 11.9 Å². The largest absolute Gasteiger partial charge is 0.373 e. The Labute approximate surface area is 77.6 Å². The molecule has 0 aromatic carbocycles. The van der Waals surface area contributed by atoms with Gasteiger partial charge < -0.3 is 4.74 Å². The van der Waals surface area contributed by atoms with E-state index in [1.54, 1.807) is 0 Å². The number of alkyl halides is 1. The molecule has 0 aromatic rings. The summed E-state index contributed by atoms with van der Waals surface area (Å²) < 4.78 is 5.17. The van der Waals surface area contributed by atoms with Gasteiger partial charge in [-0.3, -0.25) is 0 Å². The molecule has 1 saturated heterocycles. The zero-order valence-corrected chi connectivity index (χ0v) is 8.77. The lowest BCUT2D eigenvalue weighted by Gasteiger charge is -2.10. The molecule has 2 heteroatoms. The maximum absolute atomic E-state index is 5.17. The van der Waals surface area contributed by atoms with Crippen molar-refractivity contribution in [1.82, 2.24) is 0 Å². The number of hydrogen-bond acceptors (Lipinski definition) is 1. The molecule has 0 amide bonds. The fourth-order valence-corrected chi connectivity index (χ4v) is 2.01. The van der Waals surface area contributed by atoms with Crippen LogP contribution in [-0.4, -0.2) is 18.0 Å². The van der Waals surface area contributed by atoms with Crippen LogP contribution in [0.2, 0.25) is 0 Å². The predicted octanol–water partition coefficient (Wildman–Crippen LogP) is 2.98. The lowest BCUT2D eigenvalue weighted by atomic mass is 9.99. The van der Waals surface area contributed by atoms with Crippen molar-refractivity contribution in [2.24, 2.45) is 5.92 Å². The van der Waals surface area contributed by atoms with Crippen molar-refractivity contribution in [3.8, 4) is 0 Å². The minimum atomic E-state index is 0.619. The standard InChI is InChI=1S/C9H17BrO/c1-2-3-8(6-10)4-5-9-7-11-9/h8-9H,2-7H2,1H3. The second kappa shape index (κ2) is 5.15. The highest BCUT2D eigenvalue weighted by molar-refractivity contribution is 9.09. The summed E-state index contributed by atoms with van der Waals surface area (Å²) in [6, 6.07) is 0. The summed E-state index contributed by atoms with van der Waals surface area (Å²) in [4.78, 5) is 0. The zero-order chi connectivity index (χ0) is 8.10. The molecule has 11 heavy (non-hydrogen) atoms. The van der Waals surface area contributed by atoms with Crippen LogP contribution in [0.25, 0.3) is 0 Å². The Morgan fingerprint density at radius 2 is 2.27 bits per heavy atom. The second-order valence-corrected chi connectivity index (χ2v) is 3.99. The van der Waals surface area contributed by atoms with Gasteiger partial charge in [-0.15, -0.1) is 0 Å². The van der Waals surface area contributed by atoms with Crippen molar-refractivity contribution in [3.63, 3.8) is 0 Å². The predicted molar refractivity (Wildman–Crippen MR) is 51.2 cm³/mol. The molecular formula is C9H17BrO. The van der Waals surface area contributed by atoms with Gasteiger partial charge in [-0.25, -0.2) is 0 Å². The van der Waals surface area contributed by atoms with Gasteiger partial charge in [0.15, 0.2) is 0 Å². The Kier molecular flexibility index (Phi) is 4.46. The second-order valence-electron chi connectivity index (χ2n) is 3.34. The number of ether oxygens (including phenoxy) is 1. The Hall–Kier alpha value is 0.440. The fourth-order valence-electron chi connectivity index (χ4n) is 1.36. The molecule has 0 spiro atoms. The van der Waals surface area contributed by atoms with Crippen molar-refractivity contribution in [3.05, 3.63) is 0 Å². The molecule has 1 aliphatic heterocycles. The van der Waals surface area contributed by atoms with Crippen molar-refractivity contribution in [1.29, 1.82) is 0 Å². The number of epoxide rings is 1. The lowest BCUT2D eigenvalue weighted by molar-refractivity contribution is 0.368. The van der Waals surface area contributed by atoms with Crippen molar-refractivity contribution >= 4 is 15.9 Å². The summed E-state index contributed by atoms with van der Waals surface area (Å²) in [6.07, 6.45) is 5.90. The van der Waals surface area contributed by atoms with Crippen LogP contribution < -0.4 is 0 Å². The van der Waals surface area contributed by atoms with Crippen molar-refractivity contribution in [2.45, 2.75) is 38.7 Å². The molecule has 1 aliphatic rings. The van der Waals surface area contributed by atoms with Crippen LogP contribution in [-0.2, 0) is 4.74 Å². The van der Waals surface area contributed by atoms with E-state index < -0.39 is 0 Å². The van der Waals surface area contributed by atoms with Crippen LogP contribution in [0.1, 0.15) is 32.6 Å². The third-order valence-electron chi connectivity index (χ3n) is 2.21. The summed E-state index contributed by atoms with van der Waals surface area (Å²) in [6.45, 7) is 3.27. The van der Waals surface area contributed by atoms with Gasteiger partial charge in [0.1, 0.15) is 0 Å². The molecule has 66 valence electrons. The van der Waals surface area contributed by atoms with Crippen LogP contribution in [0.4, 0.5) is 0 Å². The topological polar surface area (TPSA) is 12.5 Å². The van der Waals surface area contributed by atoms with E-state index in [0.29, 0.717) is 6.10 Å². The van der Waals surface area contributed by atoms with Gasteiger partial charge in [0.05, 0.1) is 12.7 Å². The number of halogens is 1. The van der Waals surface area contributed by atoms with Gasteiger partial charge in [-0.2, -0.15) is 0 Å². The highest BCUT2D eigenvalue weighted by atomic mass is 79.9. The van der Waals surface area contributed by atoms with Crippen LogP contribution in [0.15, 0.2) is 0 Å². The van der Waals surface area contributed by atoms with Gasteiger partial charge in [-0.05, 0) is 25.2 Å². The summed E-state index contributed by atoms with van der Waals surface area (Å²) in [5.74, 6) is 0.879. The Morgan fingerprint density at radius 1 is 1.55 bits per heavy atom. The first-order valence-electron chi connectivity index (χ1n) is 4.54. The van der Waals surface area contributed by atoms with E-state index >= 15 is 0 Å². The van der Waals surface area contributed by atoms with Gasteiger partial charge >= 0.3 is 0 Å². The van der Waals surface area contributed by atoms with Crippen LogP contribution in [0.3, 0.4) is 0 Å². The molecule has 0 radical (unpaired) electrons. The van der Waals surface area contributed by atoms with Crippen molar-refractivity contribution < 1.29 is 4.74 Å². The molecule has 1 fully saturated rings. The van der Waals surface area contributed by atoms with Gasteiger partial charge in [0.2, 0.25) is 0 Å². The van der Waals surface area contributed by atoms with E-state index in [1.807, 2.05) is 0 Å². The summed E-state index contributed by atoms with van der Waals surface area (Å²) in [7, 11) is 0. The highest BCUT2D eigenvalue weighted by Gasteiger charge is 2.22. The molecule has 2 atom stereocenters. The molecule has 1 heterocycles. The Balaban J connectivity index is 1.98. The van der Waals surface area contributed by atoms with E-state index in [4.69, 9.17) is 4.74 Å². The quantitative estimate of drug-likeness (QED) is 0.496. The summed E-state index contributed by atoms with van der Waals surface area (Å²) in [5, 5.41) is 1.16. The van der Waals surface area contributed by atoms with Crippen LogP contribution in [0, 0.1) is 5.92 Å². The fraction of sp³-hybridized carbons (Fsp3) is 1.00. The summed E-state index contributed by atoms with van der Waals surface area (Å²) in [5.41, 5.74) is 0. The first kappa shape index (κ1) is 9.53. The van der Waals surface area contributed by atoms with E-state index in [9.17, 15) is 0 Å². The van der Waals surface area contributed by atoms with E-state index in [0.717, 1.165) is 17.9 Å². The maximum Gasteiger partial charge on any atom is 0.0810 e. The molecule has 0 aromatic heterocycles. The third-order valence-corrected chi connectivity index (χ3v) is 3.13. The SMILES string of the molecule is CCCC(CBr)CCC1CO1. The number of rotatable bonds is 6. The van der Waals surface area contributed by atoms with Gasteiger partial charge in [0.25, 0.3) is 0 Å². The monoisotopic (exact) mass is 220 g/mol. The maximum atomic E-state index is 5.17. The zero-order valence-electron chi connectivity index (χ0n) is 7.18. The van der Waals surface area contributed by atoms with Gasteiger partial charge in [-0.1, -0.05) is 29.3 Å². The normalized spacial score (nSPS) is 25.1. The molecule has 0 bridgehead atoms. The Morgan fingerprint density at radius 3 is 2.73 bits per heavy atom. The molecule has 1 rings (SSSR count). The van der Waals surface area contributed by atoms with E-state index in [2.05, 4.69) is 22.9 Å².